The highest BCUT2D eigenvalue weighted by molar-refractivity contribution is 5.46. The van der Waals surface area contributed by atoms with E-state index in [1.165, 1.54) is 6.07 Å². The Morgan fingerprint density at radius 3 is 2.74 bits per heavy atom. The molecule has 2 heterocycles. The number of aryl methyl sites for hydroxylation is 1. The van der Waals surface area contributed by atoms with Crippen molar-refractivity contribution in [2.24, 2.45) is 0 Å². The van der Waals surface area contributed by atoms with E-state index in [0.717, 1.165) is 17.2 Å². The number of nitrogens with zero attached hydrogens (tertiary/aromatic N) is 2. The third kappa shape index (κ3) is 3.01. The van der Waals surface area contributed by atoms with E-state index in [1.54, 1.807) is 24.4 Å². The van der Waals surface area contributed by atoms with Crippen LogP contribution in [0, 0.1) is 25.7 Å². The number of hydrogen-bond donors (Lipinski definition) is 2. The Hall–Kier alpha value is -3.26. The zero-order valence-electron chi connectivity index (χ0n) is 12.8. The molecule has 0 aliphatic heterocycles. The lowest BCUT2D eigenvalue weighted by Crippen LogP contribution is -2.07. The molecule has 0 aliphatic carbocycles. The van der Waals surface area contributed by atoms with Gasteiger partial charge in [-0.2, -0.15) is 0 Å². The van der Waals surface area contributed by atoms with Gasteiger partial charge in [-0.05, 0) is 44.0 Å². The fourth-order valence-electron chi connectivity index (χ4n) is 2.43. The van der Waals surface area contributed by atoms with Gasteiger partial charge in [-0.15, -0.1) is 0 Å². The van der Waals surface area contributed by atoms with Gasteiger partial charge in [0.1, 0.15) is 17.3 Å². The molecule has 0 radical (unpaired) electrons. The minimum absolute atomic E-state index is 0.164. The summed E-state index contributed by atoms with van der Waals surface area (Å²) in [6.45, 7) is 3.78. The van der Waals surface area contributed by atoms with Crippen molar-refractivity contribution in [1.82, 2.24) is 14.5 Å². The summed E-state index contributed by atoms with van der Waals surface area (Å²) in [5, 5.41) is 9.47. The van der Waals surface area contributed by atoms with Gasteiger partial charge in [0.2, 0.25) is 5.56 Å². The summed E-state index contributed by atoms with van der Waals surface area (Å²) in [4.78, 5) is 18.6. The number of rotatable bonds is 1. The standard InChI is InChI=1S/C18H15N3O2/c1-12-17(7-6-14-4-3-5-16(22)10-14)20-13(2)21(12)15-8-9-19-18(23)11-15/h3-5,8-11,22H,1-2H3,(H,19,23). The lowest BCUT2D eigenvalue weighted by atomic mass is 10.2. The molecule has 3 rings (SSSR count). The summed E-state index contributed by atoms with van der Waals surface area (Å²) < 4.78 is 1.89. The summed E-state index contributed by atoms with van der Waals surface area (Å²) in [5.41, 5.74) is 2.81. The average Bonchev–Trinajstić information content (AvgIpc) is 2.79. The Morgan fingerprint density at radius 2 is 2.00 bits per heavy atom. The highest BCUT2D eigenvalue weighted by atomic mass is 16.3. The number of aromatic amines is 1. The van der Waals surface area contributed by atoms with E-state index >= 15 is 0 Å². The van der Waals surface area contributed by atoms with Crippen LogP contribution in [0.3, 0.4) is 0 Å². The molecule has 2 N–H and O–H groups in total. The topological polar surface area (TPSA) is 70.9 Å². The molecule has 0 spiro atoms. The predicted molar refractivity (Wildman–Crippen MR) is 87.7 cm³/mol. The van der Waals surface area contributed by atoms with Crippen molar-refractivity contribution >= 4 is 0 Å². The number of hydrogen-bond acceptors (Lipinski definition) is 3. The molecule has 1 aromatic carbocycles. The van der Waals surface area contributed by atoms with E-state index in [-0.39, 0.29) is 11.3 Å². The van der Waals surface area contributed by atoms with E-state index in [4.69, 9.17) is 0 Å². The van der Waals surface area contributed by atoms with E-state index in [0.29, 0.717) is 11.3 Å². The van der Waals surface area contributed by atoms with Gasteiger partial charge >= 0.3 is 0 Å². The number of imidazole rings is 1. The van der Waals surface area contributed by atoms with Crippen molar-refractivity contribution in [2.45, 2.75) is 13.8 Å². The quantitative estimate of drug-likeness (QED) is 0.678. The van der Waals surface area contributed by atoms with Gasteiger partial charge in [0.25, 0.3) is 0 Å². The number of phenols is 1. The van der Waals surface area contributed by atoms with Crippen molar-refractivity contribution < 1.29 is 5.11 Å². The average molecular weight is 305 g/mol. The number of H-pyrrole nitrogens is 1. The SMILES string of the molecule is Cc1nc(C#Cc2cccc(O)c2)c(C)n1-c1cc[nH]c(=O)c1. The van der Waals surface area contributed by atoms with Gasteiger partial charge in [-0.3, -0.25) is 9.36 Å². The van der Waals surface area contributed by atoms with Crippen LogP contribution < -0.4 is 5.56 Å². The molecule has 0 aliphatic rings. The molecule has 114 valence electrons. The van der Waals surface area contributed by atoms with Crippen LogP contribution in [0.25, 0.3) is 5.69 Å². The highest BCUT2D eigenvalue weighted by Crippen LogP contribution is 2.16. The number of aromatic hydroxyl groups is 1. The van der Waals surface area contributed by atoms with Crippen LogP contribution in [0.1, 0.15) is 22.8 Å². The molecule has 0 amide bonds. The first-order valence-electron chi connectivity index (χ1n) is 7.11. The molecule has 0 fully saturated rings. The summed E-state index contributed by atoms with van der Waals surface area (Å²) in [6, 6.07) is 10.1. The van der Waals surface area contributed by atoms with Crippen molar-refractivity contribution in [1.29, 1.82) is 0 Å². The van der Waals surface area contributed by atoms with Gasteiger partial charge in [0, 0.05) is 17.8 Å². The number of phenolic OH excluding ortho intramolecular Hbond substituents is 1. The molecular weight excluding hydrogens is 290 g/mol. The van der Waals surface area contributed by atoms with Gasteiger partial charge in [-0.25, -0.2) is 4.98 Å². The summed E-state index contributed by atoms with van der Waals surface area (Å²) >= 11 is 0. The predicted octanol–water partition coefficient (Wildman–Crippen LogP) is 2.28. The Kier molecular flexibility index (Phi) is 3.73. The molecule has 2 aromatic heterocycles. The van der Waals surface area contributed by atoms with Crippen LogP contribution in [0.15, 0.2) is 47.4 Å². The third-order valence-electron chi connectivity index (χ3n) is 3.46. The number of nitrogens with one attached hydrogen (secondary N) is 1. The van der Waals surface area contributed by atoms with Gasteiger partial charge in [-0.1, -0.05) is 12.0 Å². The fraction of sp³-hybridized carbons (Fsp3) is 0.111. The number of pyridine rings is 1. The molecule has 5 nitrogen and oxygen atoms in total. The van der Waals surface area contributed by atoms with Crippen LogP contribution >= 0.6 is 0 Å². The zero-order valence-corrected chi connectivity index (χ0v) is 12.8. The van der Waals surface area contributed by atoms with Crippen molar-refractivity contribution in [3.05, 3.63) is 75.7 Å². The van der Waals surface area contributed by atoms with Gasteiger partial charge in [0.05, 0.1) is 11.4 Å². The molecule has 0 bridgehead atoms. The van der Waals surface area contributed by atoms with Crippen LogP contribution in [0.2, 0.25) is 0 Å². The van der Waals surface area contributed by atoms with Gasteiger partial charge in [0.15, 0.2) is 0 Å². The molecule has 0 saturated heterocycles. The van der Waals surface area contributed by atoms with Crippen LogP contribution in [-0.2, 0) is 0 Å². The molecule has 0 atom stereocenters. The maximum Gasteiger partial charge on any atom is 0.250 e. The lowest BCUT2D eigenvalue weighted by Gasteiger charge is -2.06. The van der Waals surface area contributed by atoms with Crippen LogP contribution in [0.5, 0.6) is 5.75 Å². The molecule has 23 heavy (non-hydrogen) atoms. The van der Waals surface area contributed by atoms with Crippen LogP contribution in [-0.4, -0.2) is 19.6 Å². The summed E-state index contributed by atoms with van der Waals surface area (Å²) in [6.07, 6.45) is 1.61. The Balaban J connectivity index is 2.04. The smallest absolute Gasteiger partial charge is 0.250 e. The lowest BCUT2D eigenvalue weighted by molar-refractivity contribution is 0.475. The molecule has 5 heteroatoms. The van der Waals surface area contributed by atoms with Crippen molar-refractivity contribution in [3.8, 4) is 23.3 Å². The van der Waals surface area contributed by atoms with E-state index in [9.17, 15) is 9.90 Å². The summed E-state index contributed by atoms with van der Waals surface area (Å²) in [5.74, 6) is 6.95. The van der Waals surface area contributed by atoms with Crippen LogP contribution in [0.4, 0.5) is 0 Å². The molecular formula is C18H15N3O2. The minimum atomic E-state index is -0.164. The Labute approximate surface area is 133 Å². The first-order chi connectivity index (χ1) is 11.0. The van der Waals surface area contributed by atoms with Crippen molar-refractivity contribution in [3.63, 3.8) is 0 Å². The minimum Gasteiger partial charge on any atom is -0.508 e. The second-order valence-corrected chi connectivity index (χ2v) is 5.14. The largest absolute Gasteiger partial charge is 0.508 e. The second kappa shape index (κ2) is 5.85. The zero-order chi connectivity index (χ0) is 16.4. The Bertz CT molecular complexity index is 987. The van der Waals surface area contributed by atoms with E-state index in [1.807, 2.05) is 30.5 Å². The Morgan fingerprint density at radius 1 is 1.17 bits per heavy atom. The first kappa shape index (κ1) is 14.7. The molecule has 0 unspecified atom stereocenters. The normalized spacial score (nSPS) is 10.2. The highest BCUT2D eigenvalue weighted by Gasteiger charge is 2.11. The molecule has 0 saturated carbocycles. The number of aromatic nitrogens is 3. The number of benzene rings is 1. The maximum absolute atomic E-state index is 11.5. The monoisotopic (exact) mass is 305 g/mol. The van der Waals surface area contributed by atoms with E-state index < -0.39 is 0 Å². The van der Waals surface area contributed by atoms with E-state index in [2.05, 4.69) is 21.8 Å². The summed E-state index contributed by atoms with van der Waals surface area (Å²) in [7, 11) is 0. The van der Waals surface area contributed by atoms with Crippen molar-refractivity contribution in [2.75, 3.05) is 0 Å². The molecule has 3 aromatic rings. The maximum atomic E-state index is 11.5. The second-order valence-electron chi connectivity index (χ2n) is 5.14. The first-order valence-corrected chi connectivity index (χ1v) is 7.11. The third-order valence-corrected chi connectivity index (χ3v) is 3.46. The fourth-order valence-corrected chi connectivity index (χ4v) is 2.43. The van der Waals surface area contributed by atoms with Gasteiger partial charge < -0.3 is 10.1 Å².